The Morgan fingerprint density at radius 2 is 2.10 bits per heavy atom. The smallest absolute Gasteiger partial charge is 0.231 e. The molecule has 112 valence electrons. The van der Waals surface area contributed by atoms with Crippen LogP contribution in [0, 0.1) is 0 Å². The molecule has 0 amide bonds. The molecule has 4 nitrogen and oxygen atoms in total. The predicted molar refractivity (Wildman–Crippen MR) is 81.5 cm³/mol. The number of rotatable bonds is 8. The van der Waals surface area contributed by atoms with Gasteiger partial charge in [0.2, 0.25) is 6.79 Å². The van der Waals surface area contributed by atoms with Crippen molar-refractivity contribution in [1.29, 1.82) is 0 Å². The lowest BCUT2D eigenvalue weighted by molar-refractivity contribution is 0.174. The molecular weight excluding hydrogens is 252 g/mol. The van der Waals surface area contributed by atoms with Crippen LogP contribution >= 0.6 is 0 Å². The molecule has 2 rings (SSSR count). The van der Waals surface area contributed by atoms with E-state index in [2.05, 4.69) is 43.2 Å². The molecule has 0 fully saturated rings. The average molecular weight is 278 g/mol. The molecule has 1 N–H and O–H groups in total. The normalized spacial score (nSPS) is 14.8. The molecule has 0 saturated carbocycles. The van der Waals surface area contributed by atoms with Crippen LogP contribution in [-0.4, -0.2) is 44.4 Å². The number of fused-ring (bicyclic) bond motifs is 1. The molecular formula is C16H26N2O2. The lowest BCUT2D eigenvalue weighted by Crippen LogP contribution is -2.34. The highest BCUT2D eigenvalue weighted by Crippen LogP contribution is 2.32. The SMILES string of the molecule is CCN(C)CCNC(C)CCc1ccc2c(c1)OCO2. The van der Waals surface area contributed by atoms with Gasteiger partial charge in [0.15, 0.2) is 11.5 Å². The van der Waals surface area contributed by atoms with Crippen LogP contribution in [-0.2, 0) is 6.42 Å². The first kappa shape index (κ1) is 15.1. The minimum absolute atomic E-state index is 0.349. The van der Waals surface area contributed by atoms with Gasteiger partial charge in [-0.1, -0.05) is 13.0 Å². The second-order valence-corrected chi connectivity index (χ2v) is 5.48. The maximum absolute atomic E-state index is 5.41. The molecule has 0 bridgehead atoms. The van der Waals surface area contributed by atoms with Crippen molar-refractivity contribution >= 4 is 0 Å². The molecule has 1 unspecified atom stereocenters. The molecule has 1 heterocycles. The first-order chi connectivity index (χ1) is 9.69. The van der Waals surface area contributed by atoms with Gasteiger partial charge in [0.25, 0.3) is 0 Å². The van der Waals surface area contributed by atoms with Gasteiger partial charge in [-0.25, -0.2) is 0 Å². The van der Waals surface area contributed by atoms with Gasteiger partial charge in [-0.05, 0) is 51.1 Å². The van der Waals surface area contributed by atoms with Crippen LogP contribution in [0.4, 0.5) is 0 Å². The molecule has 0 spiro atoms. The quantitative estimate of drug-likeness (QED) is 0.791. The van der Waals surface area contributed by atoms with E-state index in [0.29, 0.717) is 12.8 Å². The molecule has 1 aliphatic rings. The fourth-order valence-corrected chi connectivity index (χ4v) is 2.24. The van der Waals surface area contributed by atoms with E-state index in [0.717, 1.165) is 44.0 Å². The van der Waals surface area contributed by atoms with Crippen molar-refractivity contribution in [1.82, 2.24) is 10.2 Å². The van der Waals surface area contributed by atoms with Crippen LogP contribution in [0.25, 0.3) is 0 Å². The molecule has 0 aromatic heterocycles. The number of nitrogens with one attached hydrogen (secondary N) is 1. The Bertz CT molecular complexity index is 423. The highest BCUT2D eigenvalue weighted by molar-refractivity contribution is 5.44. The minimum Gasteiger partial charge on any atom is -0.454 e. The third kappa shape index (κ3) is 4.39. The summed E-state index contributed by atoms with van der Waals surface area (Å²) in [7, 11) is 2.15. The Morgan fingerprint density at radius 1 is 1.30 bits per heavy atom. The van der Waals surface area contributed by atoms with E-state index >= 15 is 0 Å². The van der Waals surface area contributed by atoms with E-state index in [4.69, 9.17) is 9.47 Å². The molecule has 20 heavy (non-hydrogen) atoms. The Balaban J connectivity index is 1.69. The van der Waals surface area contributed by atoms with Crippen LogP contribution in [0.3, 0.4) is 0 Å². The monoisotopic (exact) mass is 278 g/mol. The van der Waals surface area contributed by atoms with Crippen LogP contribution in [0.5, 0.6) is 11.5 Å². The average Bonchev–Trinajstić information content (AvgIpc) is 2.92. The standard InChI is InChI=1S/C16H26N2O2/c1-4-18(3)10-9-17-13(2)5-6-14-7-8-15-16(11-14)20-12-19-15/h7-8,11,13,17H,4-6,9-10,12H2,1-3H3. The molecule has 4 heteroatoms. The van der Waals surface area contributed by atoms with E-state index in [1.54, 1.807) is 0 Å². The number of ether oxygens (including phenoxy) is 2. The van der Waals surface area contributed by atoms with E-state index in [9.17, 15) is 0 Å². The van der Waals surface area contributed by atoms with E-state index < -0.39 is 0 Å². The summed E-state index contributed by atoms with van der Waals surface area (Å²) in [5.41, 5.74) is 1.31. The Hall–Kier alpha value is -1.26. The van der Waals surface area contributed by atoms with Gasteiger partial charge < -0.3 is 19.7 Å². The molecule has 1 atom stereocenters. The predicted octanol–water partition coefficient (Wildman–Crippen LogP) is 2.28. The van der Waals surface area contributed by atoms with Crippen molar-refractivity contribution in [2.75, 3.05) is 33.5 Å². The largest absolute Gasteiger partial charge is 0.454 e. The molecule has 0 saturated heterocycles. The fraction of sp³-hybridized carbons (Fsp3) is 0.625. The Labute approximate surface area is 122 Å². The second-order valence-electron chi connectivity index (χ2n) is 5.48. The highest BCUT2D eigenvalue weighted by Gasteiger charge is 2.13. The summed E-state index contributed by atoms with van der Waals surface area (Å²) in [4.78, 5) is 2.32. The second kappa shape index (κ2) is 7.50. The van der Waals surface area contributed by atoms with Gasteiger partial charge in [-0.15, -0.1) is 0 Å². The number of nitrogens with zero attached hydrogens (tertiary/aromatic N) is 1. The number of aryl methyl sites for hydroxylation is 1. The highest BCUT2D eigenvalue weighted by atomic mass is 16.7. The summed E-state index contributed by atoms with van der Waals surface area (Å²) < 4.78 is 10.7. The van der Waals surface area contributed by atoms with Gasteiger partial charge in [0.05, 0.1) is 0 Å². The number of hydrogen-bond acceptors (Lipinski definition) is 4. The molecule has 0 aliphatic carbocycles. The van der Waals surface area contributed by atoms with Crippen LogP contribution < -0.4 is 14.8 Å². The zero-order valence-electron chi connectivity index (χ0n) is 12.8. The van der Waals surface area contributed by atoms with Gasteiger partial charge in [-0.3, -0.25) is 0 Å². The zero-order chi connectivity index (χ0) is 14.4. The number of likely N-dealkylation sites (N-methyl/N-ethyl adjacent to an activating group) is 1. The van der Waals surface area contributed by atoms with Gasteiger partial charge in [0.1, 0.15) is 0 Å². The van der Waals surface area contributed by atoms with Crippen molar-refractivity contribution < 1.29 is 9.47 Å². The van der Waals surface area contributed by atoms with Crippen LogP contribution in [0.2, 0.25) is 0 Å². The molecule has 1 aromatic carbocycles. The first-order valence-electron chi connectivity index (χ1n) is 7.49. The summed E-state index contributed by atoms with van der Waals surface area (Å²) in [6, 6.07) is 6.77. The summed E-state index contributed by atoms with van der Waals surface area (Å²) in [5.74, 6) is 1.75. The van der Waals surface area contributed by atoms with Crippen molar-refractivity contribution in [3.8, 4) is 11.5 Å². The van der Waals surface area contributed by atoms with E-state index in [1.807, 2.05) is 6.07 Å². The summed E-state index contributed by atoms with van der Waals surface area (Å²) in [6.45, 7) is 8.04. The third-order valence-electron chi connectivity index (χ3n) is 3.83. The zero-order valence-corrected chi connectivity index (χ0v) is 12.8. The molecule has 1 aliphatic heterocycles. The third-order valence-corrected chi connectivity index (χ3v) is 3.83. The van der Waals surface area contributed by atoms with Gasteiger partial charge >= 0.3 is 0 Å². The lowest BCUT2D eigenvalue weighted by Gasteiger charge is -2.18. The van der Waals surface area contributed by atoms with Gasteiger partial charge in [0, 0.05) is 19.1 Å². The van der Waals surface area contributed by atoms with Crippen molar-refractivity contribution in [2.45, 2.75) is 32.7 Å². The maximum atomic E-state index is 5.41. The van der Waals surface area contributed by atoms with Gasteiger partial charge in [-0.2, -0.15) is 0 Å². The fourth-order valence-electron chi connectivity index (χ4n) is 2.24. The number of benzene rings is 1. The first-order valence-corrected chi connectivity index (χ1v) is 7.49. The summed E-state index contributed by atoms with van der Waals surface area (Å²) in [6.07, 6.45) is 2.20. The lowest BCUT2D eigenvalue weighted by atomic mass is 10.1. The van der Waals surface area contributed by atoms with Crippen LogP contribution in [0.1, 0.15) is 25.8 Å². The summed E-state index contributed by atoms with van der Waals surface area (Å²) in [5, 5.41) is 3.57. The van der Waals surface area contributed by atoms with Crippen molar-refractivity contribution in [3.63, 3.8) is 0 Å². The van der Waals surface area contributed by atoms with Crippen LogP contribution in [0.15, 0.2) is 18.2 Å². The minimum atomic E-state index is 0.349. The maximum Gasteiger partial charge on any atom is 0.231 e. The summed E-state index contributed by atoms with van der Waals surface area (Å²) >= 11 is 0. The molecule has 1 aromatic rings. The topological polar surface area (TPSA) is 33.7 Å². The molecule has 0 radical (unpaired) electrons. The van der Waals surface area contributed by atoms with E-state index in [1.165, 1.54) is 5.56 Å². The van der Waals surface area contributed by atoms with Crippen molar-refractivity contribution in [2.24, 2.45) is 0 Å². The Morgan fingerprint density at radius 3 is 2.90 bits per heavy atom. The number of hydrogen-bond donors (Lipinski definition) is 1. The van der Waals surface area contributed by atoms with E-state index in [-0.39, 0.29) is 0 Å². The van der Waals surface area contributed by atoms with Crippen molar-refractivity contribution in [3.05, 3.63) is 23.8 Å². The Kier molecular flexibility index (Phi) is 5.68.